The number of rotatable bonds is 4. The SMILES string of the molecule is CC(C)C1CCC(c2noc(NC3CC3)n2)CC1. The molecular formula is C14H23N3O. The van der Waals surface area contributed by atoms with Gasteiger partial charge >= 0.3 is 6.01 Å². The molecule has 2 aliphatic carbocycles. The van der Waals surface area contributed by atoms with Crippen molar-refractivity contribution in [1.29, 1.82) is 0 Å². The highest BCUT2D eigenvalue weighted by Gasteiger charge is 2.28. The maximum absolute atomic E-state index is 5.27. The molecule has 0 bridgehead atoms. The van der Waals surface area contributed by atoms with E-state index in [9.17, 15) is 0 Å². The van der Waals surface area contributed by atoms with E-state index in [4.69, 9.17) is 4.52 Å². The molecule has 0 aromatic carbocycles. The van der Waals surface area contributed by atoms with Crippen LogP contribution in [0.1, 0.15) is 64.1 Å². The molecule has 3 rings (SSSR count). The summed E-state index contributed by atoms with van der Waals surface area (Å²) in [5.74, 6) is 3.12. The van der Waals surface area contributed by atoms with E-state index in [1.807, 2.05) is 0 Å². The van der Waals surface area contributed by atoms with E-state index in [-0.39, 0.29) is 0 Å². The smallest absolute Gasteiger partial charge is 0.321 e. The Kier molecular flexibility index (Phi) is 3.27. The van der Waals surface area contributed by atoms with Gasteiger partial charge in [0.1, 0.15) is 0 Å². The van der Waals surface area contributed by atoms with Gasteiger partial charge < -0.3 is 9.84 Å². The molecule has 1 aromatic heterocycles. The summed E-state index contributed by atoms with van der Waals surface area (Å²) in [5.41, 5.74) is 0. The fourth-order valence-electron chi connectivity index (χ4n) is 2.91. The third-order valence-corrected chi connectivity index (χ3v) is 4.43. The first-order valence-electron chi connectivity index (χ1n) is 7.32. The van der Waals surface area contributed by atoms with Crippen molar-refractivity contribution in [3.8, 4) is 0 Å². The van der Waals surface area contributed by atoms with Crippen LogP contribution >= 0.6 is 0 Å². The molecular weight excluding hydrogens is 226 g/mol. The first-order chi connectivity index (χ1) is 8.72. The standard InChI is InChI=1S/C14H23N3O/c1-9(2)10-3-5-11(6-4-10)13-16-14(18-17-13)15-12-7-8-12/h9-12H,3-8H2,1-2H3,(H,15,16,17). The first-order valence-corrected chi connectivity index (χ1v) is 7.32. The summed E-state index contributed by atoms with van der Waals surface area (Å²) in [4.78, 5) is 4.50. The average Bonchev–Trinajstić information content (AvgIpc) is 3.05. The Morgan fingerprint density at radius 3 is 2.44 bits per heavy atom. The second-order valence-electron chi connectivity index (χ2n) is 6.23. The Bertz CT molecular complexity index is 389. The molecule has 0 amide bonds. The van der Waals surface area contributed by atoms with E-state index in [0.717, 1.165) is 17.7 Å². The molecule has 0 aliphatic heterocycles. The van der Waals surface area contributed by atoms with Crippen LogP contribution in [-0.2, 0) is 0 Å². The van der Waals surface area contributed by atoms with Gasteiger partial charge in [-0.2, -0.15) is 4.98 Å². The van der Waals surface area contributed by atoms with Crippen LogP contribution in [0.4, 0.5) is 6.01 Å². The zero-order valence-electron chi connectivity index (χ0n) is 11.4. The van der Waals surface area contributed by atoms with Crippen LogP contribution in [0, 0.1) is 11.8 Å². The summed E-state index contributed by atoms with van der Waals surface area (Å²) in [6.45, 7) is 4.66. The molecule has 2 fully saturated rings. The third kappa shape index (κ3) is 2.68. The molecule has 1 heterocycles. The zero-order valence-corrected chi connectivity index (χ0v) is 11.4. The lowest BCUT2D eigenvalue weighted by atomic mass is 9.77. The van der Waals surface area contributed by atoms with Crippen molar-refractivity contribution in [2.45, 2.75) is 64.3 Å². The zero-order chi connectivity index (χ0) is 12.5. The molecule has 0 unspecified atom stereocenters. The fraction of sp³-hybridized carbons (Fsp3) is 0.857. The number of anilines is 1. The predicted molar refractivity (Wildman–Crippen MR) is 70.5 cm³/mol. The highest BCUT2D eigenvalue weighted by atomic mass is 16.5. The molecule has 18 heavy (non-hydrogen) atoms. The molecule has 0 spiro atoms. The molecule has 2 aliphatic rings. The Balaban J connectivity index is 1.56. The van der Waals surface area contributed by atoms with Gasteiger partial charge in [-0.1, -0.05) is 19.0 Å². The van der Waals surface area contributed by atoms with Crippen LogP contribution in [0.5, 0.6) is 0 Å². The summed E-state index contributed by atoms with van der Waals surface area (Å²) >= 11 is 0. The Morgan fingerprint density at radius 1 is 1.11 bits per heavy atom. The minimum atomic E-state index is 0.513. The van der Waals surface area contributed by atoms with Gasteiger partial charge in [-0.25, -0.2) is 0 Å². The van der Waals surface area contributed by atoms with Crippen molar-refractivity contribution >= 4 is 6.01 Å². The lowest BCUT2D eigenvalue weighted by molar-refractivity contribution is 0.252. The summed E-state index contributed by atoms with van der Waals surface area (Å²) in [7, 11) is 0. The molecule has 1 N–H and O–H groups in total. The van der Waals surface area contributed by atoms with E-state index in [0.29, 0.717) is 18.0 Å². The van der Waals surface area contributed by atoms with Crippen molar-refractivity contribution < 1.29 is 4.52 Å². The van der Waals surface area contributed by atoms with Crippen LogP contribution in [0.2, 0.25) is 0 Å². The molecule has 1 aromatic rings. The molecule has 0 saturated heterocycles. The number of hydrogen-bond acceptors (Lipinski definition) is 4. The van der Waals surface area contributed by atoms with Gasteiger partial charge in [-0.05, 0) is 50.4 Å². The van der Waals surface area contributed by atoms with Crippen molar-refractivity contribution in [3.05, 3.63) is 5.82 Å². The first kappa shape index (κ1) is 12.0. The summed E-state index contributed by atoms with van der Waals surface area (Å²) < 4.78 is 5.27. The number of aromatic nitrogens is 2. The lowest BCUT2D eigenvalue weighted by Gasteiger charge is -2.29. The molecule has 4 nitrogen and oxygen atoms in total. The number of nitrogens with one attached hydrogen (secondary N) is 1. The molecule has 100 valence electrons. The summed E-state index contributed by atoms with van der Waals surface area (Å²) in [5, 5.41) is 7.40. The van der Waals surface area contributed by atoms with Crippen LogP contribution in [0.15, 0.2) is 4.52 Å². The van der Waals surface area contributed by atoms with E-state index in [1.165, 1.54) is 38.5 Å². The number of hydrogen-bond donors (Lipinski definition) is 1. The van der Waals surface area contributed by atoms with E-state index >= 15 is 0 Å². The maximum Gasteiger partial charge on any atom is 0.321 e. The van der Waals surface area contributed by atoms with Crippen LogP contribution < -0.4 is 5.32 Å². The Labute approximate surface area is 109 Å². The van der Waals surface area contributed by atoms with E-state index in [2.05, 4.69) is 29.3 Å². The molecule has 2 saturated carbocycles. The average molecular weight is 249 g/mol. The monoisotopic (exact) mass is 249 g/mol. The molecule has 4 heteroatoms. The van der Waals surface area contributed by atoms with Crippen molar-refractivity contribution in [2.24, 2.45) is 11.8 Å². The van der Waals surface area contributed by atoms with Gasteiger partial charge in [0.15, 0.2) is 5.82 Å². The maximum atomic E-state index is 5.27. The fourth-order valence-corrected chi connectivity index (χ4v) is 2.91. The quantitative estimate of drug-likeness (QED) is 0.886. The van der Waals surface area contributed by atoms with Crippen LogP contribution in [0.25, 0.3) is 0 Å². The minimum absolute atomic E-state index is 0.513. The predicted octanol–water partition coefficient (Wildman–Crippen LogP) is 3.57. The highest BCUT2D eigenvalue weighted by Crippen LogP contribution is 2.38. The van der Waals surface area contributed by atoms with Gasteiger partial charge in [0, 0.05) is 12.0 Å². The lowest BCUT2D eigenvalue weighted by Crippen LogP contribution is -2.18. The van der Waals surface area contributed by atoms with E-state index < -0.39 is 0 Å². The minimum Gasteiger partial charge on any atom is -0.335 e. The van der Waals surface area contributed by atoms with Gasteiger partial charge in [-0.15, -0.1) is 0 Å². The summed E-state index contributed by atoms with van der Waals surface area (Å²) in [6.07, 6.45) is 7.51. The van der Waals surface area contributed by atoms with Crippen LogP contribution in [0.3, 0.4) is 0 Å². The number of nitrogens with zero attached hydrogens (tertiary/aromatic N) is 2. The van der Waals surface area contributed by atoms with Crippen molar-refractivity contribution in [2.75, 3.05) is 5.32 Å². The molecule has 0 atom stereocenters. The van der Waals surface area contributed by atoms with Gasteiger partial charge in [0.2, 0.25) is 0 Å². The van der Waals surface area contributed by atoms with Gasteiger partial charge in [-0.3, -0.25) is 0 Å². The van der Waals surface area contributed by atoms with Crippen molar-refractivity contribution in [3.63, 3.8) is 0 Å². The largest absolute Gasteiger partial charge is 0.335 e. The Morgan fingerprint density at radius 2 is 1.83 bits per heavy atom. The second kappa shape index (κ2) is 4.90. The van der Waals surface area contributed by atoms with Crippen molar-refractivity contribution in [1.82, 2.24) is 10.1 Å². The molecule has 0 radical (unpaired) electrons. The van der Waals surface area contributed by atoms with Gasteiger partial charge in [0.05, 0.1) is 0 Å². The highest BCUT2D eigenvalue weighted by molar-refractivity contribution is 5.24. The topological polar surface area (TPSA) is 51.0 Å². The van der Waals surface area contributed by atoms with Gasteiger partial charge in [0.25, 0.3) is 0 Å². The Hall–Kier alpha value is -1.06. The second-order valence-corrected chi connectivity index (χ2v) is 6.23. The third-order valence-electron chi connectivity index (χ3n) is 4.43. The summed E-state index contributed by atoms with van der Waals surface area (Å²) in [6, 6.07) is 1.20. The van der Waals surface area contributed by atoms with E-state index in [1.54, 1.807) is 0 Å². The normalized spacial score (nSPS) is 28.6. The van der Waals surface area contributed by atoms with Crippen LogP contribution in [-0.4, -0.2) is 16.2 Å².